The molecule has 6 nitrogen and oxygen atoms in total. The van der Waals surface area contributed by atoms with Crippen molar-refractivity contribution >= 4 is 0 Å². The predicted octanol–water partition coefficient (Wildman–Crippen LogP) is 2.93. The van der Waals surface area contributed by atoms with Crippen molar-refractivity contribution in [3.8, 4) is 0 Å². The molecule has 0 aromatic carbocycles. The molecule has 0 saturated heterocycles. The largest absolute Gasteiger partial charge is 0.380 e. The number of hydrogen-bond donors (Lipinski definition) is 2. The average Bonchev–Trinajstić information content (AvgIpc) is 2.71. The monoisotopic (exact) mass is 401 g/mol. The topological polar surface area (TPSA) is 83.0 Å². The Balaban J connectivity index is 2.25. The van der Waals surface area contributed by atoms with Crippen LogP contribution in [0.2, 0.25) is 0 Å². The third-order valence-electron chi connectivity index (χ3n) is 5.40. The minimum Gasteiger partial charge on any atom is -0.380 e. The average molecular weight is 402 g/mol. The molecular formula is C22H47N3O3. The van der Waals surface area contributed by atoms with Crippen LogP contribution in [0, 0.1) is 0 Å². The third kappa shape index (κ3) is 15.7. The smallest absolute Gasteiger partial charge is 0.0597 e. The van der Waals surface area contributed by atoms with Crippen molar-refractivity contribution in [1.29, 1.82) is 0 Å². The molecule has 28 heavy (non-hydrogen) atoms. The Labute approximate surface area is 173 Å². The minimum absolute atomic E-state index is 0.446. The van der Waals surface area contributed by atoms with E-state index in [0.717, 1.165) is 65.5 Å². The molecule has 0 aromatic heterocycles. The Morgan fingerprint density at radius 2 is 1.07 bits per heavy atom. The van der Waals surface area contributed by atoms with Gasteiger partial charge in [0.15, 0.2) is 0 Å². The van der Waals surface area contributed by atoms with E-state index in [-0.39, 0.29) is 0 Å². The van der Waals surface area contributed by atoms with Gasteiger partial charge in [0.2, 0.25) is 0 Å². The first-order chi connectivity index (χ1) is 13.9. The highest BCUT2D eigenvalue weighted by atomic mass is 16.5. The maximum Gasteiger partial charge on any atom is 0.0597 e. The SMILES string of the molecule is NCCCOCCN(CCOCCCN)CCOC1CCCCCCCCC1. The molecule has 1 rings (SSSR count). The van der Waals surface area contributed by atoms with Gasteiger partial charge in [-0.15, -0.1) is 0 Å². The first-order valence-electron chi connectivity index (χ1n) is 11.8. The zero-order chi connectivity index (χ0) is 20.1. The van der Waals surface area contributed by atoms with Gasteiger partial charge in [0.25, 0.3) is 0 Å². The molecule has 0 aromatic rings. The summed E-state index contributed by atoms with van der Waals surface area (Å²) in [5, 5.41) is 0. The summed E-state index contributed by atoms with van der Waals surface area (Å²) in [4.78, 5) is 2.39. The van der Waals surface area contributed by atoms with Crippen molar-refractivity contribution in [1.82, 2.24) is 4.90 Å². The Hall–Kier alpha value is -0.240. The van der Waals surface area contributed by atoms with Gasteiger partial charge in [-0.05, 0) is 38.8 Å². The summed E-state index contributed by atoms with van der Waals surface area (Å²) >= 11 is 0. The van der Waals surface area contributed by atoms with Crippen molar-refractivity contribution < 1.29 is 14.2 Å². The lowest BCUT2D eigenvalue weighted by Crippen LogP contribution is -2.35. The number of ether oxygens (including phenoxy) is 3. The highest BCUT2D eigenvalue weighted by molar-refractivity contribution is 4.64. The number of nitrogens with two attached hydrogens (primary N) is 2. The van der Waals surface area contributed by atoms with E-state index in [0.29, 0.717) is 19.2 Å². The van der Waals surface area contributed by atoms with E-state index in [9.17, 15) is 0 Å². The summed E-state index contributed by atoms with van der Waals surface area (Å²) in [6.45, 7) is 7.93. The van der Waals surface area contributed by atoms with Crippen molar-refractivity contribution in [3.63, 3.8) is 0 Å². The van der Waals surface area contributed by atoms with E-state index in [1.165, 1.54) is 57.8 Å². The molecule has 0 aliphatic heterocycles. The molecule has 0 radical (unpaired) electrons. The van der Waals surface area contributed by atoms with Crippen LogP contribution in [-0.4, -0.2) is 76.8 Å². The minimum atomic E-state index is 0.446. The zero-order valence-electron chi connectivity index (χ0n) is 18.3. The van der Waals surface area contributed by atoms with Gasteiger partial charge >= 0.3 is 0 Å². The van der Waals surface area contributed by atoms with E-state index in [1.807, 2.05) is 0 Å². The number of rotatable bonds is 16. The Morgan fingerprint density at radius 1 is 0.607 bits per heavy atom. The van der Waals surface area contributed by atoms with Gasteiger partial charge in [0.1, 0.15) is 0 Å². The zero-order valence-corrected chi connectivity index (χ0v) is 18.3. The molecule has 4 N–H and O–H groups in total. The van der Waals surface area contributed by atoms with Gasteiger partial charge in [-0.2, -0.15) is 0 Å². The first kappa shape index (κ1) is 25.8. The lowest BCUT2D eigenvalue weighted by Gasteiger charge is -2.24. The molecule has 0 unspecified atom stereocenters. The molecule has 6 heteroatoms. The van der Waals surface area contributed by atoms with Gasteiger partial charge < -0.3 is 25.7 Å². The fourth-order valence-corrected chi connectivity index (χ4v) is 3.58. The second-order valence-corrected chi connectivity index (χ2v) is 7.90. The van der Waals surface area contributed by atoms with E-state index >= 15 is 0 Å². The summed E-state index contributed by atoms with van der Waals surface area (Å²) in [5.41, 5.74) is 11.0. The molecule has 1 saturated carbocycles. The van der Waals surface area contributed by atoms with Crippen molar-refractivity contribution in [3.05, 3.63) is 0 Å². The molecule has 1 fully saturated rings. The van der Waals surface area contributed by atoms with Crippen LogP contribution in [0.4, 0.5) is 0 Å². The number of nitrogens with zero attached hydrogens (tertiary/aromatic N) is 1. The third-order valence-corrected chi connectivity index (χ3v) is 5.40. The molecule has 168 valence electrons. The van der Waals surface area contributed by atoms with Gasteiger partial charge in [-0.3, -0.25) is 4.90 Å². The Kier molecular flexibility index (Phi) is 18.5. The quantitative estimate of drug-likeness (QED) is 0.387. The summed E-state index contributed by atoms with van der Waals surface area (Å²) in [6, 6.07) is 0. The Bertz CT molecular complexity index is 297. The first-order valence-corrected chi connectivity index (χ1v) is 11.8. The fraction of sp³-hybridized carbons (Fsp3) is 1.00. The molecule has 1 aliphatic rings. The van der Waals surface area contributed by atoms with Crippen LogP contribution in [0.5, 0.6) is 0 Å². The van der Waals surface area contributed by atoms with Crippen molar-refractivity contribution in [2.75, 3.05) is 65.8 Å². The summed E-state index contributed by atoms with van der Waals surface area (Å²) < 4.78 is 17.6. The second kappa shape index (κ2) is 20.0. The van der Waals surface area contributed by atoms with E-state index < -0.39 is 0 Å². The van der Waals surface area contributed by atoms with Crippen LogP contribution in [0.25, 0.3) is 0 Å². The summed E-state index contributed by atoms with van der Waals surface area (Å²) in [6.07, 6.45) is 14.3. The van der Waals surface area contributed by atoms with Crippen molar-refractivity contribution in [2.45, 2.75) is 76.7 Å². The van der Waals surface area contributed by atoms with Crippen LogP contribution >= 0.6 is 0 Å². The van der Waals surface area contributed by atoms with Gasteiger partial charge in [-0.1, -0.05) is 44.9 Å². The van der Waals surface area contributed by atoms with Crippen LogP contribution in [-0.2, 0) is 14.2 Å². The molecule has 0 atom stereocenters. The maximum atomic E-state index is 6.28. The van der Waals surface area contributed by atoms with Crippen LogP contribution in [0.15, 0.2) is 0 Å². The standard InChI is InChI=1S/C22H47N3O3/c23-12-8-17-26-19-14-25(15-20-27-18-9-13-24)16-21-28-22-10-6-4-2-1-3-5-7-11-22/h22H,1-21,23-24H2. The molecule has 0 bridgehead atoms. The normalized spacial score (nSPS) is 17.2. The van der Waals surface area contributed by atoms with E-state index in [2.05, 4.69) is 4.90 Å². The van der Waals surface area contributed by atoms with E-state index in [1.54, 1.807) is 0 Å². The van der Waals surface area contributed by atoms with E-state index in [4.69, 9.17) is 25.7 Å². The predicted molar refractivity (Wildman–Crippen MR) is 117 cm³/mol. The summed E-state index contributed by atoms with van der Waals surface area (Å²) in [7, 11) is 0. The molecule has 0 heterocycles. The maximum absolute atomic E-state index is 6.28. The molecule has 1 aliphatic carbocycles. The van der Waals surface area contributed by atoms with Crippen LogP contribution < -0.4 is 11.5 Å². The highest BCUT2D eigenvalue weighted by Crippen LogP contribution is 2.19. The fourth-order valence-electron chi connectivity index (χ4n) is 3.58. The van der Waals surface area contributed by atoms with Gasteiger partial charge in [-0.25, -0.2) is 0 Å². The van der Waals surface area contributed by atoms with Crippen LogP contribution in [0.3, 0.4) is 0 Å². The number of hydrogen-bond acceptors (Lipinski definition) is 6. The van der Waals surface area contributed by atoms with Gasteiger partial charge in [0, 0.05) is 32.8 Å². The van der Waals surface area contributed by atoms with Crippen molar-refractivity contribution in [2.24, 2.45) is 11.5 Å². The van der Waals surface area contributed by atoms with Gasteiger partial charge in [0.05, 0.1) is 25.9 Å². The van der Waals surface area contributed by atoms with Crippen LogP contribution in [0.1, 0.15) is 70.6 Å². The Morgan fingerprint density at radius 3 is 1.57 bits per heavy atom. The highest BCUT2D eigenvalue weighted by Gasteiger charge is 2.12. The lowest BCUT2D eigenvalue weighted by molar-refractivity contribution is 0.0122. The summed E-state index contributed by atoms with van der Waals surface area (Å²) in [5.74, 6) is 0. The molecular weight excluding hydrogens is 354 g/mol. The molecule has 0 spiro atoms. The lowest BCUT2D eigenvalue weighted by atomic mass is 9.99. The molecule has 0 amide bonds. The second-order valence-electron chi connectivity index (χ2n) is 7.90.